The SMILES string of the molecule is Cc1cc(C)c(CNC(=O)NCc2ccccc2)c(C)c1. The van der Waals surface area contributed by atoms with Gasteiger partial charge < -0.3 is 10.6 Å². The van der Waals surface area contributed by atoms with Crippen LogP contribution in [-0.2, 0) is 13.1 Å². The van der Waals surface area contributed by atoms with Crippen LogP contribution in [0.15, 0.2) is 42.5 Å². The Morgan fingerprint density at radius 3 is 2.10 bits per heavy atom. The van der Waals surface area contributed by atoms with Crippen LogP contribution in [0.3, 0.4) is 0 Å². The van der Waals surface area contributed by atoms with Gasteiger partial charge in [0.05, 0.1) is 0 Å². The molecule has 110 valence electrons. The van der Waals surface area contributed by atoms with E-state index in [1.165, 1.54) is 22.3 Å². The summed E-state index contributed by atoms with van der Waals surface area (Å²) in [7, 11) is 0. The first kappa shape index (κ1) is 15.1. The number of aryl methyl sites for hydroxylation is 3. The van der Waals surface area contributed by atoms with Gasteiger partial charge in [0.2, 0.25) is 0 Å². The van der Waals surface area contributed by atoms with Gasteiger partial charge in [-0.1, -0.05) is 48.0 Å². The molecule has 2 amide bonds. The van der Waals surface area contributed by atoms with Crippen LogP contribution < -0.4 is 10.6 Å². The number of carbonyl (C=O) groups is 1. The number of urea groups is 1. The third-order valence-electron chi connectivity index (χ3n) is 3.56. The minimum Gasteiger partial charge on any atom is -0.334 e. The van der Waals surface area contributed by atoms with Crippen LogP contribution in [0.5, 0.6) is 0 Å². The van der Waals surface area contributed by atoms with Crippen molar-refractivity contribution in [3.05, 3.63) is 70.3 Å². The average molecular weight is 282 g/mol. The van der Waals surface area contributed by atoms with Crippen LogP contribution in [0, 0.1) is 20.8 Å². The maximum absolute atomic E-state index is 11.9. The summed E-state index contributed by atoms with van der Waals surface area (Å²) in [4.78, 5) is 11.9. The first-order chi connectivity index (χ1) is 10.1. The van der Waals surface area contributed by atoms with Crippen molar-refractivity contribution >= 4 is 6.03 Å². The molecule has 0 aromatic heterocycles. The predicted octanol–water partition coefficient (Wildman–Crippen LogP) is 3.61. The number of benzene rings is 2. The second-order valence-electron chi connectivity index (χ2n) is 5.40. The fourth-order valence-electron chi connectivity index (χ4n) is 2.50. The molecule has 0 radical (unpaired) electrons. The lowest BCUT2D eigenvalue weighted by Gasteiger charge is -2.13. The minimum absolute atomic E-state index is 0.141. The van der Waals surface area contributed by atoms with Crippen molar-refractivity contribution in [3.8, 4) is 0 Å². The molecule has 21 heavy (non-hydrogen) atoms. The largest absolute Gasteiger partial charge is 0.334 e. The first-order valence-corrected chi connectivity index (χ1v) is 7.18. The number of carbonyl (C=O) groups excluding carboxylic acids is 1. The first-order valence-electron chi connectivity index (χ1n) is 7.18. The van der Waals surface area contributed by atoms with Crippen molar-refractivity contribution in [3.63, 3.8) is 0 Å². The van der Waals surface area contributed by atoms with Gasteiger partial charge in [-0.3, -0.25) is 0 Å². The van der Waals surface area contributed by atoms with Crippen molar-refractivity contribution in [1.82, 2.24) is 10.6 Å². The Kier molecular flexibility index (Phi) is 4.99. The zero-order valence-electron chi connectivity index (χ0n) is 12.9. The Hall–Kier alpha value is -2.29. The summed E-state index contributed by atoms with van der Waals surface area (Å²) in [6.07, 6.45) is 0. The number of hydrogen-bond donors (Lipinski definition) is 2. The highest BCUT2D eigenvalue weighted by Crippen LogP contribution is 2.15. The van der Waals surface area contributed by atoms with Gasteiger partial charge in [0, 0.05) is 13.1 Å². The van der Waals surface area contributed by atoms with Gasteiger partial charge in [-0.15, -0.1) is 0 Å². The van der Waals surface area contributed by atoms with E-state index >= 15 is 0 Å². The molecule has 0 heterocycles. The Morgan fingerprint density at radius 1 is 0.905 bits per heavy atom. The summed E-state index contributed by atoms with van der Waals surface area (Å²) >= 11 is 0. The van der Waals surface area contributed by atoms with Gasteiger partial charge >= 0.3 is 6.03 Å². The molecule has 0 aliphatic carbocycles. The molecule has 0 unspecified atom stereocenters. The second-order valence-corrected chi connectivity index (χ2v) is 5.40. The molecule has 0 bridgehead atoms. The molecule has 0 fully saturated rings. The molecule has 0 saturated heterocycles. The van der Waals surface area contributed by atoms with E-state index in [9.17, 15) is 4.79 Å². The van der Waals surface area contributed by atoms with E-state index in [1.54, 1.807) is 0 Å². The van der Waals surface area contributed by atoms with Gasteiger partial charge in [0.1, 0.15) is 0 Å². The Balaban J connectivity index is 1.87. The summed E-state index contributed by atoms with van der Waals surface area (Å²) in [6, 6.07) is 14.0. The van der Waals surface area contributed by atoms with Crippen LogP contribution in [0.25, 0.3) is 0 Å². The molecule has 2 aromatic rings. The van der Waals surface area contributed by atoms with Crippen molar-refractivity contribution in [2.75, 3.05) is 0 Å². The highest BCUT2D eigenvalue weighted by atomic mass is 16.2. The average Bonchev–Trinajstić information content (AvgIpc) is 2.45. The number of nitrogens with one attached hydrogen (secondary N) is 2. The normalized spacial score (nSPS) is 10.2. The maximum atomic E-state index is 11.9. The van der Waals surface area contributed by atoms with E-state index in [2.05, 4.69) is 43.5 Å². The van der Waals surface area contributed by atoms with E-state index in [0.29, 0.717) is 13.1 Å². The molecular weight excluding hydrogens is 260 g/mol. The van der Waals surface area contributed by atoms with E-state index < -0.39 is 0 Å². The standard InChI is InChI=1S/C18H22N2O/c1-13-9-14(2)17(15(3)10-13)12-20-18(21)19-11-16-7-5-4-6-8-16/h4-10H,11-12H2,1-3H3,(H2,19,20,21). The third kappa shape index (κ3) is 4.35. The van der Waals surface area contributed by atoms with Crippen molar-refractivity contribution in [2.24, 2.45) is 0 Å². The van der Waals surface area contributed by atoms with Gasteiger partial charge in [-0.05, 0) is 43.0 Å². The number of hydrogen-bond acceptors (Lipinski definition) is 1. The lowest BCUT2D eigenvalue weighted by molar-refractivity contribution is 0.240. The quantitative estimate of drug-likeness (QED) is 0.883. The molecule has 0 saturated carbocycles. The molecular formula is C18H22N2O. The fraction of sp³-hybridized carbons (Fsp3) is 0.278. The Morgan fingerprint density at radius 2 is 1.48 bits per heavy atom. The number of amides is 2. The van der Waals surface area contributed by atoms with Crippen LogP contribution in [0.4, 0.5) is 4.79 Å². The van der Waals surface area contributed by atoms with Crippen LogP contribution >= 0.6 is 0 Å². The molecule has 3 nitrogen and oxygen atoms in total. The van der Waals surface area contributed by atoms with Crippen LogP contribution in [0.2, 0.25) is 0 Å². The minimum atomic E-state index is -0.141. The molecule has 2 aromatic carbocycles. The summed E-state index contributed by atoms with van der Waals surface area (Å²) in [6.45, 7) is 7.35. The smallest absolute Gasteiger partial charge is 0.315 e. The molecule has 2 N–H and O–H groups in total. The van der Waals surface area contributed by atoms with E-state index in [0.717, 1.165) is 5.56 Å². The van der Waals surface area contributed by atoms with Crippen molar-refractivity contribution < 1.29 is 4.79 Å². The lowest BCUT2D eigenvalue weighted by atomic mass is 10.00. The number of rotatable bonds is 4. The monoisotopic (exact) mass is 282 g/mol. The van der Waals surface area contributed by atoms with Crippen molar-refractivity contribution in [2.45, 2.75) is 33.9 Å². The third-order valence-corrected chi connectivity index (χ3v) is 3.56. The van der Waals surface area contributed by atoms with Crippen LogP contribution in [0.1, 0.15) is 27.8 Å². The fourth-order valence-corrected chi connectivity index (χ4v) is 2.50. The topological polar surface area (TPSA) is 41.1 Å². The molecule has 0 aliphatic rings. The summed E-state index contributed by atoms with van der Waals surface area (Å²) in [5.74, 6) is 0. The van der Waals surface area contributed by atoms with Gasteiger partial charge in [0.15, 0.2) is 0 Å². The Bertz CT molecular complexity index is 597. The predicted molar refractivity (Wildman–Crippen MR) is 86.2 cm³/mol. The molecule has 3 heteroatoms. The zero-order chi connectivity index (χ0) is 15.2. The summed E-state index contributed by atoms with van der Waals surface area (Å²) in [5.41, 5.74) is 5.97. The molecule has 0 atom stereocenters. The highest BCUT2D eigenvalue weighted by Gasteiger charge is 2.06. The lowest BCUT2D eigenvalue weighted by Crippen LogP contribution is -2.34. The molecule has 0 aliphatic heterocycles. The summed E-state index contributed by atoms with van der Waals surface area (Å²) in [5, 5.41) is 5.79. The molecule has 2 rings (SSSR count). The maximum Gasteiger partial charge on any atom is 0.315 e. The second kappa shape index (κ2) is 6.93. The highest BCUT2D eigenvalue weighted by molar-refractivity contribution is 5.73. The van der Waals surface area contributed by atoms with E-state index in [-0.39, 0.29) is 6.03 Å². The van der Waals surface area contributed by atoms with Gasteiger partial charge in [-0.25, -0.2) is 4.79 Å². The van der Waals surface area contributed by atoms with E-state index in [4.69, 9.17) is 0 Å². The zero-order valence-corrected chi connectivity index (χ0v) is 12.9. The van der Waals surface area contributed by atoms with Crippen molar-refractivity contribution in [1.29, 1.82) is 0 Å². The van der Waals surface area contributed by atoms with Gasteiger partial charge in [0.25, 0.3) is 0 Å². The summed E-state index contributed by atoms with van der Waals surface area (Å²) < 4.78 is 0. The Labute approximate surface area is 126 Å². The van der Waals surface area contributed by atoms with E-state index in [1.807, 2.05) is 30.3 Å². The molecule has 0 spiro atoms. The van der Waals surface area contributed by atoms with Crippen LogP contribution in [-0.4, -0.2) is 6.03 Å². The van der Waals surface area contributed by atoms with Gasteiger partial charge in [-0.2, -0.15) is 0 Å².